The lowest BCUT2D eigenvalue weighted by Gasteiger charge is -2.23. The summed E-state index contributed by atoms with van der Waals surface area (Å²) in [5.41, 5.74) is -0.677. The zero-order chi connectivity index (χ0) is 11.8. The number of fused-ring (bicyclic) bond motifs is 1. The standard InChI is InChI=1S/C11H17NO4/c1-16-6-9(13)12-5-8-3-2-4-11(8,7-12)10(14)15/h8H,2-7H2,1H3,(H,14,15)/t8-,11+/m0/s1. The summed E-state index contributed by atoms with van der Waals surface area (Å²) >= 11 is 0. The summed E-state index contributed by atoms with van der Waals surface area (Å²) in [5, 5.41) is 9.33. The molecule has 1 amide bonds. The molecule has 1 saturated carbocycles. The Kier molecular flexibility index (Phi) is 2.88. The molecule has 90 valence electrons. The molecule has 5 heteroatoms. The van der Waals surface area contributed by atoms with Crippen molar-refractivity contribution in [1.29, 1.82) is 0 Å². The molecule has 0 spiro atoms. The molecule has 0 bridgehead atoms. The first-order valence-electron chi connectivity index (χ1n) is 5.60. The van der Waals surface area contributed by atoms with Crippen LogP contribution in [0.3, 0.4) is 0 Å². The van der Waals surface area contributed by atoms with Gasteiger partial charge in [0, 0.05) is 20.2 Å². The van der Waals surface area contributed by atoms with E-state index in [9.17, 15) is 14.7 Å². The second-order valence-electron chi connectivity index (χ2n) is 4.76. The van der Waals surface area contributed by atoms with E-state index in [0.717, 1.165) is 12.8 Å². The van der Waals surface area contributed by atoms with Crippen LogP contribution in [0, 0.1) is 11.3 Å². The van der Waals surface area contributed by atoms with Gasteiger partial charge in [-0.25, -0.2) is 0 Å². The van der Waals surface area contributed by atoms with E-state index in [0.29, 0.717) is 19.5 Å². The van der Waals surface area contributed by atoms with Crippen molar-refractivity contribution >= 4 is 11.9 Å². The van der Waals surface area contributed by atoms with Crippen molar-refractivity contribution in [3.63, 3.8) is 0 Å². The fourth-order valence-electron chi connectivity index (χ4n) is 3.04. The van der Waals surface area contributed by atoms with Crippen LogP contribution in [-0.2, 0) is 14.3 Å². The molecular formula is C11H17NO4. The molecule has 16 heavy (non-hydrogen) atoms. The van der Waals surface area contributed by atoms with E-state index < -0.39 is 11.4 Å². The number of carbonyl (C=O) groups excluding carboxylic acids is 1. The van der Waals surface area contributed by atoms with Gasteiger partial charge in [0.05, 0.1) is 5.41 Å². The number of amides is 1. The molecule has 1 N–H and O–H groups in total. The number of nitrogens with zero attached hydrogens (tertiary/aromatic N) is 1. The predicted molar refractivity (Wildman–Crippen MR) is 55.9 cm³/mol. The number of hydrogen-bond donors (Lipinski definition) is 1. The fourth-order valence-corrected chi connectivity index (χ4v) is 3.04. The lowest BCUT2D eigenvalue weighted by Crippen LogP contribution is -2.38. The highest BCUT2D eigenvalue weighted by molar-refractivity contribution is 5.82. The van der Waals surface area contributed by atoms with Crippen LogP contribution in [0.15, 0.2) is 0 Å². The van der Waals surface area contributed by atoms with Crippen molar-refractivity contribution in [2.75, 3.05) is 26.8 Å². The minimum Gasteiger partial charge on any atom is -0.481 e. The van der Waals surface area contributed by atoms with Crippen molar-refractivity contribution in [3.05, 3.63) is 0 Å². The molecule has 1 heterocycles. The van der Waals surface area contributed by atoms with E-state index in [2.05, 4.69) is 0 Å². The van der Waals surface area contributed by atoms with Gasteiger partial charge in [0.25, 0.3) is 0 Å². The van der Waals surface area contributed by atoms with E-state index in [4.69, 9.17) is 4.74 Å². The Labute approximate surface area is 94.4 Å². The molecular weight excluding hydrogens is 210 g/mol. The fraction of sp³-hybridized carbons (Fsp3) is 0.818. The Bertz CT molecular complexity index is 317. The van der Waals surface area contributed by atoms with Crippen LogP contribution in [0.1, 0.15) is 19.3 Å². The first-order chi connectivity index (χ1) is 7.60. The van der Waals surface area contributed by atoms with Gasteiger partial charge in [0.2, 0.25) is 5.91 Å². The highest BCUT2D eigenvalue weighted by atomic mass is 16.5. The smallest absolute Gasteiger partial charge is 0.311 e. The minimum atomic E-state index is -0.747. The number of carbonyl (C=O) groups is 2. The van der Waals surface area contributed by atoms with Gasteiger partial charge in [-0.05, 0) is 18.8 Å². The van der Waals surface area contributed by atoms with Gasteiger partial charge in [0.1, 0.15) is 6.61 Å². The van der Waals surface area contributed by atoms with E-state index in [1.54, 1.807) is 4.90 Å². The summed E-state index contributed by atoms with van der Waals surface area (Å²) in [4.78, 5) is 24.7. The van der Waals surface area contributed by atoms with Crippen molar-refractivity contribution in [1.82, 2.24) is 4.90 Å². The van der Waals surface area contributed by atoms with Crippen molar-refractivity contribution in [2.45, 2.75) is 19.3 Å². The molecule has 5 nitrogen and oxygen atoms in total. The normalized spacial score (nSPS) is 32.8. The van der Waals surface area contributed by atoms with Gasteiger partial charge in [-0.1, -0.05) is 6.42 Å². The minimum absolute atomic E-state index is 0.0441. The van der Waals surface area contributed by atoms with Crippen LogP contribution in [0.25, 0.3) is 0 Å². The lowest BCUT2D eigenvalue weighted by atomic mass is 9.81. The number of carboxylic acids is 1. The van der Waals surface area contributed by atoms with E-state index in [1.165, 1.54) is 7.11 Å². The highest BCUT2D eigenvalue weighted by Gasteiger charge is 2.55. The number of likely N-dealkylation sites (tertiary alicyclic amines) is 1. The van der Waals surface area contributed by atoms with Crippen LogP contribution in [0.5, 0.6) is 0 Å². The van der Waals surface area contributed by atoms with Gasteiger partial charge in [0.15, 0.2) is 0 Å². The predicted octanol–water partition coefficient (Wildman–Crippen LogP) is 0.346. The monoisotopic (exact) mass is 227 g/mol. The molecule has 2 fully saturated rings. The third-order valence-corrected chi connectivity index (χ3v) is 3.92. The Morgan fingerprint density at radius 1 is 1.56 bits per heavy atom. The SMILES string of the molecule is COCC(=O)N1C[C@@H]2CCC[C@@]2(C(=O)O)C1. The van der Waals surface area contributed by atoms with Crippen LogP contribution in [0.4, 0.5) is 0 Å². The number of ether oxygens (including phenoxy) is 1. The maximum absolute atomic E-state index is 11.6. The molecule has 1 aliphatic carbocycles. The summed E-state index contributed by atoms with van der Waals surface area (Å²) in [6, 6.07) is 0. The highest BCUT2D eigenvalue weighted by Crippen LogP contribution is 2.48. The lowest BCUT2D eigenvalue weighted by molar-refractivity contribution is -0.149. The Balaban J connectivity index is 2.10. The first-order valence-corrected chi connectivity index (χ1v) is 5.60. The number of hydrogen-bond acceptors (Lipinski definition) is 3. The topological polar surface area (TPSA) is 66.8 Å². The molecule has 0 aromatic rings. The summed E-state index contributed by atoms with van der Waals surface area (Å²) in [6.07, 6.45) is 2.58. The molecule has 1 saturated heterocycles. The molecule has 2 aliphatic rings. The largest absolute Gasteiger partial charge is 0.481 e. The second-order valence-corrected chi connectivity index (χ2v) is 4.76. The molecule has 0 radical (unpaired) electrons. The van der Waals surface area contributed by atoms with Gasteiger partial charge < -0.3 is 14.7 Å². The average molecular weight is 227 g/mol. The molecule has 2 rings (SSSR count). The third kappa shape index (κ3) is 1.59. The first kappa shape index (κ1) is 11.4. The van der Waals surface area contributed by atoms with Crippen LogP contribution in [-0.4, -0.2) is 48.7 Å². The third-order valence-electron chi connectivity index (χ3n) is 3.92. The summed E-state index contributed by atoms with van der Waals surface area (Å²) in [7, 11) is 1.47. The second kappa shape index (κ2) is 4.05. The summed E-state index contributed by atoms with van der Waals surface area (Å²) in [6.45, 7) is 0.978. The Hall–Kier alpha value is -1.10. The zero-order valence-electron chi connectivity index (χ0n) is 9.44. The van der Waals surface area contributed by atoms with Crippen LogP contribution in [0.2, 0.25) is 0 Å². The van der Waals surface area contributed by atoms with Gasteiger partial charge in [-0.15, -0.1) is 0 Å². The van der Waals surface area contributed by atoms with E-state index in [1.807, 2.05) is 0 Å². The quantitative estimate of drug-likeness (QED) is 0.755. The number of methoxy groups -OCH3 is 1. The van der Waals surface area contributed by atoms with E-state index in [-0.39, 0.29) is 18.4 Å². The Morgan fingerprint density at radius 3 is 2.88 bits per heavy atom. The van der Waals surface area contributed by atoms with Crippen LogP contribution >= 0.6 is 0 Å². The molecule has 0 aromatic carbocycles. The van der Waals surface area contributed by atoms with Gasteiger partial charge >= 0.3 is 5.97 Å². The maximum atomic E-state index is 11.6. The maximum Gasteiger partial charge on any atom is 0.311 e. The Morgan fingerprint density at radius 2 is 2.31 bits per heavy atom. The molecule has 2 atom stereocenters. The van der Waals surface area contributed by atoms with Crippen molar-refractivity contribution < 1.29 is 19.4 Å². The van der Waals surface area contributed by atoms with Crippen LogP contribution < -0.4 is 0 Å². The van der Waals surface area contributed by atoms with Crippen molar-refractivity contribution in [3.8, 4) is 0 Å². The number of carboxylic acid groups (broad SMARTS) is 1. The number of rotatable bonds is 3. The van der Waals surface area contributed by atoms with E-state index >= 15 is 0 Å². The summed E-state index contributed by atoms with van der Waals surface area (Å²) in [5.74, 6) is -0.717. The number of aliphatic carboxylic acids is 1. The average Bonchev–Trinajstić information content (AvgIpc) is 2.73. The molecule has 0 aromatic heterocycles. The zero-order valence-corrected chi connectivity index (χ0v) is 9.44. The summed E-state index contributed by atoms with van der Waals surface area (Å²) < 4.78 is 4.79. The molecule has 1 aliphatic heterocycles. The van der Waals surface area contributed by atoms with Gasteiger partial charge in [-0.2, -0.15) is 0 Å². The van der Waals surface area contributed by atoms with Gasteiger partial charge in [-0.3, -0.25) is 9.59 Å². The molecule has 0 unspecified atom stereocenters. The van der Waals surface area contributed by atoms with Crippen molar-refractivity contribution in [2.24, 2.45) is 11.3 Å².